The second-order valence-electron chi connectivity index (χ2n) is 6.07. The molecule has 0 aromatic heterocycles. The molecule has 0 radical (unpaired) electrons. The lowest BCUT2D eigenvalue weighted by molar-refractivity contribution is 0.0833. The van der Waals surface area contributed by atoms with Crippen LogP contribution in [0.2, 0.25) is 0 Å². The molecule has 18 heavy (non-hydrogen) atoms. The van der Waals surface area contributed by atoms with Crippen LogP contribution in [-0.4, -0.2) is 30.1 Å². The van der Waals surface area contributed by atoms with E-state index in [9.17, 15) is 0 Å². The zero-order chi connectivity index (χ0) is 12.5. The summed E-state index contributed by atoms with van der Waals surface area (Å²) in [6.07, 6.45) is 2.87. The third-order valence-corrected chi connectivity index (χ3v) is 4.42. The first-order valence-corrected chi connectivity index (χ1v) is 7.30. The fourth-order valence-electron chi connectivity index (χ4n) is 3.21. The third-order valence-electron chi connectivity index (χ3n) is 4.42. The Bertz CT molecular complexity index is 383. The summed E-state index contributed by atoms with van der Waals surface area (Å²) in [5.74, 6) is 0.955. The molecule has 0 bridgehead atoms. The van der Waals surface area contributed by atoms with E-state index in [-0.39, 0.29) is 0 Å². The smallest absolute Gasteiger partial charge is 0.0450 e. The van der Waals surface area contributed by atoms with Crippen LogP contribution >= 0.6 is 0 Å². The third kappa shape index (κ3) is 2.45. The molecule has 2 fully saturated rings. The van der Waals surface area contributed by atoms with E-state index >= 15 is 0 Å². The molecular formula is C16H24N2. The molecule has 0 spiro atoms. The first kappa shape index (κ1) is 12.2. The molecule has 1 aliphatic heterocycles. The van der Waals surface area contributed by atoms with Crippen molar-refractivity contribution in [2.75, 3.05) is 13.1 Å². The molecule has 0 amide bonds. The SMILES string of the molecule is CC(C)N1CC(c2ccccc2)NCC1C1CC1. The van der Waals surface area contributed by atoms with Gasteiger partial charge in [-0.05, 0) is 38.2 Å². The maximum atomic E-state index is 3.75. The summed E-state index contributed by atoms with van der Waals surface area (Å²) in [4.78, 5) is 2.71. The van der Waals surface area contributed by atoms with Crippen LogP contribution < -0.4 is 5.32 Å². The van der Waals surface area contributed by atoms with Crippen LogP contribution in [0.1, 0.15) is 38.3 Å². The van der Waals surface area contributed by atoms with Crippen LogP contribution in [0.15, 0.2) is 30.3 Å². The summed E-state index contributed by atoms with van der Waals surface area (Å²) < 4.78 is 0. The summed E-state index contributed by atoms with van der Waals surface area (Å²) in [5.41, 5.74) is 1.43. The first-order valence-electron chi connectivity index (χ1n) is 7.30. The number of hydrogen-bond acceptors (Lipinski definition) is 2. The number of rotatable bonds is 3. The highest BCUT2D eigenvalue weighted by molar-refractivity contribution is 5.20. The van der Waals surface area contributed by atoms with Gasteiger partial charge in [0.2, 0.25) is 0 Å². The van der Waals surface area contributed by atoms with E-state index in [0.29, 0.717) is 12.1 Å². The van der Waals surface area contributed by atoms with E-state index in [1.165, 1.54) is 18.4 Å². The van der Waals surface area contributed by atoms with E-state index in [0.717, 1.165) is 25.0 Å². The predicted molar refractivity (Wildman–Crippen MR) is 75.5 cm³/mol. The Balaban J connectivity index is 1.73. The van der Waals surface area contributed by atoms with Gasteiger partial charge in [-0.25, -0.2) is 0 Å². The molecule has 1 saturated heterocycles. The van der Waals surface area contributed by atoms with E-state index in [4.69, 9.17) is 0 Å². The van der Waals surface area contributed by atoms with Crippen molar-refractivity contribution in [3.05, 3.63) is 35.9 Å². The highest BCUT2D eigenvalue weighted by atomic mass is 15.3. The second kappa shape index (κ2) is 5.02. The van der Waals surface area contributed by atoms with E-state index in [1.807, 2.05) is 0 Å². The lowest BCUT2D eigenvalue weighted by Gasteiger charge is -2.43. The quantitative estimate of drug-likeness (QED) is 0.879. The summed E-state index contributed by atoms with van der Waals surface area (Å²) in [7, 11) is 0. The summed E-state index contributed by atoms with van der Waals surface area (Å²) in [6, 6.07) is 12.8. The van der Waals surface area contributed by atoms with Crippen LogP contribution in [0, 0.1) is 5.92 Å². The molecule has 2 atom stereocenters. The van der Waals surface area contributed by atoms with Crippen LogP contribution in [0.4, 0.5) is 0 Å². The molecule has 1 aromatic rings. The largest absolute Gasteiger partial charge is 0.307 e. The van der Waals surface area contributed by atoms with Gasteiger partial charge >= 0.3 is 0 Å². The highest BCUT2D eigenvalue weighted by Crippen LogP contribution is 2.38. The Hall–Kier alpha value is -0.860. The lowest BCUT2D eigenvalue weighted by Crippen LogP contribution is -2.55. The molecule has 1 aromatic carbocycles. The molecule has 1 N–H and O–H groups in total. The van der Waals surface area contributed by atoms with Gasteiger partial charge in [0.25, 0.3) is 0 Å². The van der Waals surface area contributed by atoms with Crippen molar-refractivity contribution in [2.45, 2.75) is 44.8 Å². The van der Waals surface area contributed by atoms with Crippen molar-refractivity contribution in [2.24, 2.45) is 5.92 Å². The molecule has 3 rings (SSSR count). The number of piperazine rings is 1. The van der Waals surface area contributed by atoms with Crippen molar-refractivity contribution in [1.82, 2.24) is 10.2 Å². The molecule has 2 nitrogen and oxygen atoms in total. The highest BCUT2D eigenvalue weighted by Gasteiger charge is 2.39. The van der Waals surface area contributed by atoms with Gasteiger partial charge in [0.05, 0.1) is 0 Å². The fourth-order valence-corrected chi connectivity index (χ4v) is 3.21. The Labute approximate surface area is 110 Å². The van der Waals surface area contributed by atoms with Gasteiger partial charge in [0.15, 0.2) is 0 Å². The van der Waals surface area contributed by atoms with E-state index in [1.54, 1.807) is 0 Å². The second-order valence-corrected chi connectivity index (χ2v) is 6.07. The fraction of sp³-hybridized carbons (Fsp3) is 0.625. The Morgan fingerprint density at radius 3 is 2.50 bits per heavy atom. The molecule has 2 unspecified atom stereocenters. The molecule has 1 saturated carbocycles. The predicted octanol–water partition coefficient (Wildman–Crippen LogP) is 2.82. The molecule has 1 aliphatic carbocycles. The normalized spacial score (nSPS) is 29.7. The molecule has 98 valence electrons. The average molecular weight is 244 g/mol. The van der Waals surface area contributed by atoms with Crippen molar-refractivity contribution in [1.29, 1.82) is 0 Å². The molecule has 2 aliphatic rings. The van der Waals surface area contributed by atoms with Crippen molar-refractivity contribution >= 4 is 0 Å². The Kier molecular flexibility index (Phi) is 3.40. The average Bonchev–Trinajstić information content (AvgIpc) is 3.23. The molecule has 1 heterocycles. The van der Waals surface area contributed by atoms with Crippen molar-refractivity contribution in [3.8, 4) is 0 Å². The van der Waals surface area contributed by atoms with Gasteiger partial charge in [-0.1, -0.05) is 30.3 Å². The molecule has 2 heteroatoms. The van der Waals surface area contributed by atoms with E-state index in [2.05, 4.69) is 54.4 Å². The minimum atomic E-state index is 0.503. The van der Waals surface area contributed by atoms with Gasteiger partial charge < -0.3 is 5.32 Å². The Morgan fingerprint density at radius 1 is 1.17 bits per heavy atom. The van der Waals surface area contributed by atoms with E-state index < -0.39 is 0 Å². The monoisotopic (exact) mass is 244 g/mol. The van der Waals surface area contributed by atoms with Crippen molar-refractivity contribution in [3.63, 3.8) is 0 Å². The van der Waals surface area contributed by atoms with Crippen LogP contribution in [-0.2, 0) is 0 Å². The zero-order valence-corrected chi connectivity index (χ0v) is 11.5. The van der Waals surface area contributed by atoms with Crippen LogP contribution in [0.5, 0.6) is 0 Å². The Morgan fingerprint density at radius 2 is 1.89 bits per heavy atom. The van der Waals surface area contributed by atoms with Gasteiger partial charge in [-0.15, -0.1) is 0 Å². The van der Waals surface area contributed by atoms with Gasteiger partial charge in [-0.2, -0.15) is 0 Å². The van der Waals surface area contributed by atoms with Gasteiger partial charge in [0.1, 0.15) is 0 Å². The number of nitrogens with one attached hydrogen (secondary N) is 1. The minimum Gasteiger partial charge on any atom is -0.307 e. The molecular weight excluding hydrogens is 220 g/mol. The maximum absolute atomic E-state index is 3.75. The zero-order valence-electron chi connectivity index (χ0n) is 11.5. The topological polar surface area (TPSA) is 15.3 Å². The van der Waals surface area contributed by atoms with Crippen LogP contribution in [0.25, 0.3) is 0 Å². The summed E-state index contributed by atoms with van der Waals surface area (Å²) >= 11 is 0. The van der Waals surface area contributed by atoms with Gasteiger partial charge in [-0.3, -0.25) is 4.90 Å². The number of hydrogen-bond donors (Lipinski definition) is 1. The first-order chi connectivity index (χ1) is 8.75. The van der Waals surface area contributed by atoms with Gasteiger partial charge in [0, 0.05) is 31.2 Å². The number of benzene rings is 1. The summed E-state index contributed by atoms with van der Waals surface area (Å²) in [5, 5.41) is 3.75. The standard InChI is InChI=1S/C16H24N2/c1-12(2)18-11-15(13-6-4-3-5-7-13)17-10-16(18)14-8-9-14/h3-7,12,14-17H,8-11H2,1-2H3. The summed E-state index contributed by atoms with van der Waals surface area (Å²) in [6.45, 7) is 6.98. The maximum Gasteiger partial charge on any atom is 0.0450 e. The minimum absolute atomic E-state index is 0.503. The van der Waals surface area contributed by atoms with Crippen molar-refractivity contribution < 1.29 is 0 Å². The lowest BCUT2D eigenvalue weighted by atomic mass is 9.98. The number of nitrogens with zero attached hydrogens (tertiary/aromatic N) is 1. The van der Waals surface area contributed by atoms with Crippen LogP contribution in [0.3, 0.4) is 0 Å².